The molecule has 0 radical (unpaired) electrons. The number of aryl methyl sites for hydroxylation is 1. The summed E-state index contributed by atoms with van der Waals surface area (Å²) in [4.78, 5) is 16.0. The topological polar surface area (TPSA) is 69.0 Å². The Kier molecular flexibility index (Phi) is 4.73. The number of alkyl halides is 3. The normalized spacial score (nSPS) is 15.8. The lowest BCUT2D eigenvalue weighted by molar-refractivity contribution is -0.141. The van der Waals surface area contributed by atoms with Gasteiger partial charge in [0.1, 0.15) is 11.4 Å². The molecule has 1 atom stereocenters. The maximum Gasteiger partial charge on any atom is 0.433 e. The molecular weight excluding hydrogens is 385 g/mol. The van der Waals surface area contributed by atoms with E-state index in [2.05, 4.69) is 15.4 Å². The Morgan fingerprint density at radius 1 is 1.28 bits per heavy atom. The molecular formula is C20H17F3N4O2. The van der Waals surface area contributed by atoms with Gasteiger partial charge < -0.3 is 10.1 Å². The number of nitrogens with one attached hydrogen (secondary N) is 1. The molecule has 1 aliphatic carbocycles. The summed E-state index contributed by atoms with van der Waals surface area (Å²) in [5, 5.41) is 7.36. The van der Waals surface area contributed by atoms with Gasteiger partial charge in [-0.2, -0.15) is 18.3 Å². The molecule has 0 bridgehead atoms. The predicted molar refractivity (Wildman–Crippen MR) is 97.9 cm³/mol. The molecule has 2 aromatic heterocycles. The van der Waals surface area contributed by atoms with Gasteiger partial charge in [-0.3, -0.25) is 9.78 Å². The minimum atomic E-state index is -4.53. The van der Waals surface area contributed by atoms with Gasteiger partial charge in [0.25, 0.3) is 5.91 Å². The number of ether oxygens (including phenoxy) is 1. The number of carbonyl (C=O) groups is 1. The fourth-order valence-corrected chi connectivity index (χ4v) is 3.41. The van der Waals surface area contributed by atoms with Crippen LogP contribution in [0, 0.1) is 0 Å². The van der Waals surface area contributed by atoms with Crippen molar-refractivity contribution in [2.75, 3.05) is 7.11 Å². The van der Waals surface area contributed by atoms with Crippen molar-refractivity contribution < 1.29 is 22.7 Å². The van der Waals surface area contributed by atoms with Gasteiger partial charge in [-0.15, -0.1) is 0 Å². The van der Waals surface area contributed by atoms with Crippen LogP contribution < -0.4 is 10.1 Å². The van der Waals surface area contributed by atoms with Gasteiger partial charge in [0.2, 0.25) is 0 Å². The van der Waals surface area contributed by atoms with Crippen molar-refractivity contribution in [2.24, 2.45) is 0 Å². The highest BCUT2D eigenvalue weighted by molar-refractivity contribution is 5.97. The molecule has 0 unspecified atom stereocenters. The molecule has 0 spiro atoms. The summed E-state index contributed by atoms with van der Waals surface area (Å²) in [6.45, 7) is 0. The van der Waals surface area contributed by atoms with E-state index in [9.17, 15) is 18.0 Å². The number of benzene rings is 1. The zero-order valence-corrected chi connectivity index (χ0v) is 15.4. The van der Waals surface area contributed by atoms with Crippen LogP contribution >= 0.6 is 0 Å². The molecule has 9 heteroatoms. The fourth-order valence-electron chi connectivity index (χ4n) is 3.41. The number of methoxy groups -OCH3 is 1. The zero-order chi connectivity index (χ0) is 20.6. The molecule has 2 heterocycles. The average Bonchev–Trinajstić information content (AvgIpc) is 3.29. The maximum absolute atomic E-state index is 12.9. The number of pyridine rings is 1. The molecule has 0 saturated heterocycles. The SMILES string of the molecule is COc1ccccc1C(=O)N[C@@H]1CCc2nn(-c3ccnc(C(F)(F)F)c3)cc21. The number of halogens is 3. The van der Waals surface area contributed by atoms with Crippen LogP contribution in [0.15, 0.2) is 48.8 Å². The van der Waals surface area contributed by atoms with E-state index in [1.807, 2.05) is 0 Å². The third-order valence-electron chi connectivity index (χ3n) is 4.82. The van der Waals surface area contributed by atoms with E-state index in [0.717, 1.165) is 23.5 Å². The van der Waals surface area contributed by atoms with Crippen LogP contribution in [0.5, 0.6) is 5.75 Å². The zero-order valence-electron chi connectivity index (χ0n) is 15.4. The highest BCUT2D eigenvalue weighted by Crippen LogP contribution is 2.33. The first-order valence-electron chi connectivity index (χ1n) is 8.93. The van der Waals surface area contributed by atoms with Gasteiger partial charge in [0.05, 0.1) is 30.1 Å². The lowest BCUT2D eigenvalue weighted by Crippen LogP contribution is -2.27. The molecule has 1 aromatic carbocycles. The molecule has 3 aromatic rings. The Morgan fingerprint density at radius 3 is 2.83 bits per heavy atom. The first-order chi connectivity index (χ1) is 13.9. The Balaban J connectivity index is 1.58. The summed E-state index contributed by atoms with van der Waals surface area (Å²) in [5.41, 5.74) is 1.24. The van der Waals surface area contributed by atoms with E-state index in [0.29, 0.717) is 24.2 Å². The van der Waals surface area contributed by atoms with Crippen molar-refractivity contribution in [1.29, 1.82) is 0 Å². The van der Waals surface area contributed by atoms with Crippen molar-refractivity contribution in [3.8, 4) is 11.4 Å². The van der Waals surface area contributed by atoms with Gasteiger partial charge in [0, 0.05) is 18.0 Å². The smallest absolute Gasteiger partial charge is 0.433 e. The molecule has 4 rings (SSSR count). The van der Waals surface area contributed by atoms with Crippen molar-refractivity contribution in [2.45, 2.75) is 25.1 Å². The van der Waals surface area contributed by atoms with Gasteiger partial charge in [-0.25, -0.2) is 4.68 Å². The number of rotatable bonds is 4. The highest BCUT2D eigenvalue weighted by atomic mass is 19.4. The van der Waals surface area contributed by atoms with Crippen LogP contribution in [0.4, 0.5) is 13.2 Å². The minimum Gasteiger partial charge on any atom is -0.496 e. The summed E-state index contributed by atoms with van der Waals surface area (Å²) in [6, 6.07) is 9.02. The lowest BCUT2D eigenvalue weighted by atomic mass is 10.1. The summed E-state index contributed by atoms with van der Waals surface area (Å²) >= 11 is 0. The van der Waals surface area contributed by atoms with Crippen LogP contribution in [0.2, 0.25) is 0 Å². The van der Waals surface area contributed by atoms with E-state index in [1.165, 1.54) is 17.9 Å². The van der Waals surface area contributed by atoms with Crippen molar-refractivity contribution in [3.63, 3.8) is 0 Å². The van der Waals surface area contributed by atoms with E-state index >= 15 is 0 Å². The van der Waals surface area contributed by atoms with Gasteiger partial charge in [-0.05, 0) is 37.1 Å². The summed E-state index contributed by atoms with van der Waals surface area (Å²) in [6.07, 6.45) is -0.478. The van der Waals surface area contributed by atoms with E-state index < -0.39 is 11.9 Å². The lowest BCUT2D eigenvalue weighted by Gasteiger charge is -2.14. The van der Waals surface area contributed by atoms with Gasteiger partial charge >= 0.3 is 6.18 Å². The average molecular weight is 402 g/mol. The van der Waals surface area contributed by atoms with E-state index in [4.69, 9.17) is 4.74 Å². The quantitative estimate of drug-likeness (QED) is 0.722. The molecule has 0 saturated carbocycles. The van der Waals surface area contributed by atoms with E-state index in [1.54, 1.807) is 30.5 Å². The Bertz CT molecular complexity index is 1060. The summed E-state index contributed by atoms with van der Waals surface area (Å²) in [5.74, 6) is 0.187. The second kappa shape index (κ2) is 7.23. The molecule has 1 amide bonds. The largest absolute Gasteiger partial charge is 0.496 e. The van der Waals surface area contributed by atoms with Crippen LogP contribution in [0.1, 0.15) is 39.8 Å². The molecule has 1 N–H and O–H groups in total. The fraction of sp³-hybridized carbons (Fsp3) is 0.250. The van der Waals surface area contributed by atoms with Crippen LogP contribution in [-0.4, -0.2) is 27.8 Å². The Labute approximate surface area is 164 Å². The second-order valence-corrected chi connectivity index (χ2v) is 6.64. The number of aromatic nitrogens is 3. The number of fused-ring (bicyclic) bond motifs is 1. The second-order valence-electron chi connectivity index (χ2n) is 6.64. The van der Waals surface area contributed by atoms with Gasteiger partial charge in [0.15, 0.2) is 0 Å². The van der Waals surface area contributed by atoms with Gasteiger partial charge in [-0.1, -0.05) is 12.1 Å². The number of amides is 1. The number of hydrogen-bond donors (Lipinski definition) is 1. The Morgan fingerprint density at radius 2 is 2.07 bits per heavy atom. The van der Waals surface area contributed by atoms with Crippen LogP contribution in [-0.2, 0) is 12.6 Å². The molecule has 0 aliphatic heterocycles. The predicted octanol–water partition coefficient (Wildman–Crippen LogP) is 3.71. The first-order valence-corrected chi connectivity index (χ1v) is 8.93. The van der Waals surface area contributed by atoms with Crippen molar-refractivity contribution >= 4 is 5.91 Å². The summed E-state index contributed by atoms with van der Waals surface area (Å²) < 4.78 is 45.4. The third-order valence-corrected chi connectivity index (χ3v) is 4.82. The monoisotopic (exact) mass is 402 g/mol. The van der Waals surface area contributed by atoms with E-state index in [-0.39, 0.29) is 17.6 Å². The van der Waals surface area contributed by atoms with Crippen molar-refractivity contribution in [1.82, 2.24) is 20.1 Å². The first kappa shape index (κ1) is 19.0. The van der Waals surface area contributed by atoms with Crippen LogP contribution in [0.25, 0.3) is 5.69 Å². The number of nitrogens with zero attached hydrogens (tertiary/aromatic N) is 3. The molecule has 0 fully saturated rings. The van der Waals surface area contributed by atoms with Crippen molar-refractivity contribution in [3.05, 3.63) is 71.3 Å². The standard InChI is InChI=1S/C20H17F3N4O2/c1-29-17-5-3-2-4-13(17)19(28)25-15-6-7-16-14(15)11-27(26-16)12-8-9-24-18(10-12)20(21,22)23/h2-5,8-11,15H,6-7H2,1H3,(H,25,28)/t15-/m1/s1. The number of hydrogen-bond acceptors (Lipinski definition) is 4. The molecule has 150 valence electrons. The minimum absolute atomic E-state index is 0.261. The Hall–Kier alpha value is -3.36. The maximum atomic E-state index is 12.9. The number of carbonyl (C=O) groups excluding carboxylic acids is 1. The molecule has 1 aliphatic rings. The number of para-hydroxylation sites is 1. The highest BCUT2D eigenvalue weighted by Gasteiger charge is 2.33. The molecule has 29 heavy (non-hydrogen) atoms. The third kappa shape index (κ3) is 3.67. The molecule has 6 nitrogen and oxygen atoms in total. The van der Waals surface area contributed by atoms with Crippen LogP contribution in [0.3, 0.4) is 0 Å². The summed E-state index contributed by atoms with van der Waals surface area (Å²) in [7, 11) is 1.49.